The van der Waals surface area contributed by atoms with Crippen LogP contribution < -0.4 is 16.0 Å². The highest BCUT2D eigenvalue weighted by molar-refractivity contribution is 6.31. The first kappa shape index (κ1) is 22.6. The van der Waals surface area contributed by atoms with E-state index in [0.717, 1.165) is 5.69 Å². The van der Waals surface area contributed by atoms with Crippen LogP contribution >= 0.6 is 11.6 Å². The number of aromatic nitrogens is 2. The third-order valence-corrected chi connectivity index (χ3v) is 5.80. The number of fused-ring (bicyclic) bond motifs is 1. The summed E-state index contributed by atoms with van der Waals surface area (Å²) >= 11 is 6.32. The molecule has 3 aromatic rings. The highest BCUT2D eigenvalue weighted by Gasteiger charge is 2.30. The molecule has 0 bridgehead atoms. The van der Waals surface area contributed by atoms with Gasteiger partial charge in [-0.25, -0.2) is 0 Å². The van der Waals surface area contributed by atoms with Crippen LogP contribution in [0.4, 0.5) is 11.4 Å². The maximum Gasteiger partial charge on any atom is 0.252 e. The Balaban J connectivity index is 1.63. The van der Waals surface area contributed by atoms with Gasteiger partial charge in [0.25, 0.3) is 5.91 Å². The second-order valence-corrected chi connectivity index (χ2v) is 8.46. The lowest BCUT2D eigenvalue weighted by Gasteiger charge is -2.32. The maximum atomic E-state index is 12.5. The Morgan fingerprint density at radius 1 is 1.27 bits per heavy atom. The topological polar surface area (TPSA) is 123 Å². The SMILES string of the molecule is CN(C)c1cc(Cl)cc(-c2nn3c(c2C(N)=O)CN(C(O)Nc2ccc(C#N)cc2)CC3)c1. The third kappa shape index (κ3) is 4.64. The summed E-state index contributed by atoms with van der Waals surface area (Å²) in [5, 5.41) is 27.9. The molecule has 10 heteroatoms. The lowest BCUT2D eigenvalue weighted by molar-refractivity contribution is 0.00610. The van der Waals surface area contributed by atoms with Crippen molar-refractivity contribution in [1.82, 2.24) is 14.7 Å². The molecule has 1 atom stereocenters. The van der Waals surface area contributed by atoms with E-state index in [4.69, 9.17) is 22.6 Å². The summed E-state index contributed by atoms with van der Waals surface area (Å²) in [5.74, 6) is -0.589. The van der Waals surface area contributed by atoms with Crippen molar-refractivity contribution in [3.05, 3.63) is 64.3 Å². The van der Waals surface area contributed by atoms with Crippen LogP contribution in [0.25, 0.3) is 11.3 Å². The maximum absolute atomic E-state index is 12.5. The average Bonchev–Trinajstić information content (AvgIpc) is 3.18. The number of nitrogens with two attached hydrogens (primary N) is 1. The molecule has 4 rings (SSSR count). The van der Waals surface area contributed by atoms with Gasteiger partial charge in [-0.1, -0.05) is 11.6 Å². The lowest BCUT2D eigenvalue weighted by atomic mass is 10.0. The number of anilines is 2. The number of halogens is 1. The number of hydrogen-bond acceptors (Lipinski definition) is 7. The molecular formula is C23H24ClN7O2. The second kappa shape index (κ2) is 9.11. The van der Waals surface area contributed by atoms with Crippen LogP contribution in [0.1, 0.15) is 21.6 Å². The highest BCUT2D eigenvalue weighted by Crippen LogP contribution is 2.33. The van der Waals surface area contributed by atoms with Crippen molar-refractivity contribution in [2.75, 3.05) is 30.9 Å². The Morgan fingerprint density at radius 3 is 2.64 bits per heavy atom. The van der Waals surface area contributed by atoms with Crippen molar-refractivity contribution >= 4 is 28.9 Å². The lowest BCUT2D eigenvalue weighted by Crippen LogP contribution is -2.45. The zero-order chi connectivity index (χ0) is 23.7. The van der Waals surface area contributed by atoms with E-state index in [2.05, 4.69) is 16.5 Å². The Morgan fingerprint density at radius 2 is 2.00 bits per heavy atom. The molecule has 33 heavy (non-hydrogen) atoms. The number of nitrogens with one attached hydrogen (secondary N) is 1. The van der Waals surface area contributed by atoms with E-state index in [1.807, 2.05) is 31.1 Å². The van der Waals surface area contributed by atoms with Crippen molar-refractivity contribution in [2.45, 2.75) is 19.4 Å². The number of carbonyl (C=O) groups is 1. The van der Waals surface area contributed by atoms with Gasteiger partial charge >= 0.3 is 0 Å². The van der Waals surface area contributed by atoms with Gasteiger partial charge in [-0.2, -0.15) is 10.4 Å². The van der Waals surface area contributed by atoms with E-state index in [-0.39, 0.29) is 6.54 Å². The molecule has 0 fully saturated rings. The number of carbonyl (C=O) groups excluding carboxylic acids is 1. The van der Waals surface area contributed by atoms with Gasteiger partial charge in [-0.3, -0.25) is 14.4 Å². The zero-order valence-electron chi connectivity index (χ0n) is 18.3. The number of nitrogens with zero attached hydrogens (tertiary/aromatic N) is 5. The highest BCUT2D eigenvalue weighted by atomic mass is 35.5. The number of primary amides is 1. The van der Waals surface area contributed by atoms with E-state index in [0.29, 0.717) is 51.9 Å². The van der Waals surface area contributed by atoms with E-state index >= 15 is 0 Å². The second-order valence-electron chi connectivity index (χ2n) is 8.03. The van der Waals surface area contributed by atoms with Gasteiger partial charge in [0.05, 0.1) is 29.4 Å². The van der Waals surface area contributed by atoms with Gasteiger partial charge in [0.15, 0.2) is 6.35 Å². The first-order valence-electron chi connectivity index (χ1n) is 10.3. The molecular weight excluding hydrogens is 442 g/mol. The number of rotatable bonds is 6. The van der Waals surface area contributed by atoms with E-state index < -0.39 is 12.3 Å². The first-order chi connectivity index (χ1) is 15.8. The predicted molar refractivity (Wildman–Crippen MR) is 127 cm³/mol. The standard InChI is InChI=1S/C23H24ClN7O2/c1-29(2)18-10-15(9-16(24)11-18)21-20(22(26)32)19-13-30(7-8-31(19)28-21)23(33)27-17-5-3-14(12-25)4-6-17/h3-6,9-11,23,27,33H,7-8,13H2,1-2H3,(H2,26,32). The van der Waals surface area contributed by atoms with E-state index in [1.165, 1.54) is 0 Å². The molecule has 2 aromatic carbocycles. The molecule has 0 saturated carbocycles. The Hall–Kier alpha value is -3.58. The fourth-order valence-corrected chi connectivity index (χ4v) is 4.09. The smallest absolute Gasteiger partial charge is 0.252 e. The van der Waals surface area contributed by atoms with Crippen molar-refractivity contribution in [2.24, 2.45) is 5.73 Å². The molecule has 1 aromatic heterocycles. The Labute approximate surface area is 196 Å². The van der Waals surface area contributed by atoms with Crippen LogP contribution in [0.15, 0.2) is 42.5 Å². The minimum atomic E-state index is -1.00. The minimum absolute atomic E-state index is 0.275. The van der Waals surface area contributed by atoms with Gasteiger partial charge in [0, 0.05) is 49.1 Å². The third-order valence-electron chi connectivity index (χ3n) is 5.58. The van der Waals surface area contributed by atoms with Crippen molar-refractivity contribution in [3.63, 3.8) is 0 Å². The average molecular weight is 466 g/mol. The fraction of sp³-hybridized carbons (Fsp3) is 0.261. The van der Waals surface area contributed by atoms with Gasteiger partial charge in [-0.15, -0.1) is 0 Å². The minimum Gasteiger partial charge on any atom is -0.378 e. The molecule has 170 valence electrons. The molecule has 0 saturated heterocycles. The zero-order valence-corrected chi connectivity index (χ0v) is 19.0. The number of aliphatic hydroxyl groups is 1. The van der Waals surface area contributed by atoms with Crippen LogP contribution in [0.2, 0.25) is 5.02 Å². The van der Waals surface area contributed by atoms with Gasteiger partial charge in [0.2, 0.25) is 0 Å². The molecule has 0 aliphatic carbocycles. The summed E-state index contributed by atoms with van der Waals surface area (Å²) in [6.45, 7) is 1.26. The monoisotopic (exact) mass is 465 g/mol. The normalized spacial score (nSPS) is 14.3. The van der Waals surface area contributed by atoms with Crippen LogP contribution in [0, 0.1) is 11.3 Å². The molecule has 2 heterocycles. The van der Waals surface area contributed by atoms with E-state index in [9.17, 15) is 9.90 Å². The molecule has 9 nitrogen and oxygen atoms in total. The van der Waals surface area contributed by atoms with Gasteiger partial charge in [0.1, 0.15) is 5.69 Å². The molecule has 1 amide bonds. The van der Waals surface area contributed by atoms with Crippen LogP contribution in [0.3, 0.4) is 0 Å². The number of nitriles is 1. The molecule has 0 spiro atoms. The Bertz CT molecular complexity index is 1230. The number of amides is 1. The summed E-state index contributed by atoms with van der Waals surface area (Å²) < 4.78 is 1.76. The summed E-state index contributed by atoms with van der Waals surface area (Å²) in [7, 11) is 3.81. The summed E-state index contributed by atoms with van der Waals surface area (Å²) in [6, 6.07) is 14.4. The molecule has 1 aliphatic heterocycles. The number of hydrogen-bond donors (Lipinski definition) is 3. The van der Waals surface area contributed by atoms with Crippen molar-refractivity contribution in [3.8, 4) is 17.3 Å². The van der Waals surface area contributed by atoms with Crippen LogP contribution in [-0.4, -0.2) is 52.7 Å². The molecule has 0 radical (unpaired) electrons. The van der Waals surface area contributed by atoms with Crippen molar-refractivity contribution < 1.29 is 9.90 Å². The van der Waals surface area contributed by atoms with E-state index in [1.54, 1.807) is 39.9 Å². The number of aliphatic hydroxyl groups excluding tert-OH is 1. The molecule has 1 aliphatic rings. The van der Waals surface area contributed by atoms with Crippen LogP contribution in [0.5, 0.6) is 0 Å². The number of benzene rings is 2. The first-order valence-corrected chi connectivity index (χ1v) is 10.7. The van der Waals surface area contributed by atoms with Gasteiger partial charge in [-0.05, 0) is 42.5 Å². The quantitative estimate of drug-likeness (QED) is 0.477. The molecule has 4 N–H and O–H groups in total. The molecule has 1 unspecified atom stereocenters. The fourth-order valence-electron chi connectivity index (χ4n) is 3.86. The van der Waals surface area contributed by atoms with Crippen LogP contribution in [-0.2, 0) is 13.1 Å². The van der Waals surface area contributed by atoms with Crippen molar-refractivity contribution in [1.29, 1.82) is 5.26 Å². The predicted octanol–water partition coefficient (Wildman–Crippen LogP) is 2.44. The van der Waals surface area contributed by atoms with Gasteiger partial charge < -0.3 is 21.1 Å². The summed E-state index contributed by atoms with van der Waals surface area (Å²) in [5.41, 5.74) is 9.98. The summed E-state index contributed by atoms with van der Waals surface area (Å²) in [4.78, 5) is 16.2. The Kier molecular flexibility index (Phi) is 6.24. The largest absolute Gasteiger partial charge is 0.378 e. The summed E-state index contributed by atoms with van der Waals surface area (Å²) in [6.07, 6.45) is -1.00.